The monoisotopic (exact) mass is 486 g/mol. The number of nitrogens with zero attached hydrogens (tertiary/aromatic N) is 1. The molecule has 36 heavy (non-hydrogen) atoms. The van der Waals surface area contributed by atoms with Crippen molar-refractivity contribution in [2.24, 2.45) is 0 Å². The molecule has 1 unspecified atom stereocenters. The molecule has 1 aliphatic carbocycles. The normalized spacial score (nSPS) is 14.1. The van der Waals surface area contributed by atoms with Crippen molar-refractivity contribution in [3.63, 3.8) is 0 Å². The first-order valence-electron chi connectivity index (χ1n) is 12.6. The fourth-order valence-corrected chi connectivity index (χ4v) is 4.60. The molecule has 1 aliphatic rings. The Morgan fingerprint density at radius 2 is 1.44 bits per heavy atom. The summed E-state index contributed by atoms with van der Waals surface area (Å²) in [5.74, 6) is 0.932. The molecule has 0 saturated heterocycles. The van der Waals surface area contributed by atoms with Crippen LogP contribution in [-0.4, -0.2) is 42.5 Å². The van der Waals surface area contributed by atoms with E-state index in [9.17, 15) is 9.59 Å². The van der Waals surface area contributed by atoms with Crippen molar-refractivity contribution in [3.8, 4) is 11.5 Å². The molecule has 3 aromatic carbocycles. The highest BCUT2D eigenvalue weighted by Gasteiger charge is 2.32. The molecule has 0 spiro atoms. The molecule has 0 heterocycles. The average Bonchev–Trinajstić information content (AvgIpc) is 3.43. The van der Waals surface area contributed by atoms with E-state index in [0.29, 0.717) is 24.5 Å². The third kappa shape index (κ3) is 7.11. The smallest absolute Gasteiger partial charge is 0.261 e. The molecule has 0 aliphatic heterocycles. The zero-order valence-electron chi connectivity index (χ0n) is 20.8. The van der Waals surface area contributed by atoms with Crippen molar-refractivity contribution in [1.82, 2.24) is 10.2 Å². The van der Waals surface area contributed by atoms with Gasteiger partial charge in [-0.15, -0.1) is 0 Å². The number of rotatable bonds is 11. The summed E-state index contributed by atoms with van der Waals surface area (Å²) in [6, 6.07) is 26.2. The molecule has 1 N–H and O–H groups in total. The Bertz CT molecular complexity index is 1100. The summed E-state index contributed by atoms with van der Waals surface area (Å²) < 4.78 is 11.0. The zero-order valence-corrected chi connectivity index (χ0v) is 20.8. The van der Waals surface area contributed by atoms with Gasteiger partial charge in [-0.25, -0.2) is 0 Å². The first-order valence-corrected chi connectivity index (χ1v) is 12.6. The van der Waals surface area contributed by atoms with Crippen molar-refractivity contribution in [3.05, 3.63) is 96.1 Å². The minimum atomic E-state index is -0.653. The number of hydrogen-bond acceptors (Lipinski definition) is 4. The minimum Gasteiger partial charge on any atom is -0.497 e. The van der Waals surface area contributed by atoms with Crippen LogP contribution in [0.2, 0.25) is 0 Å². The summed E-state index contributed by atoms with van der Waals surface area (Å²) in [6.07, 6.45) is 4.64. The van der Waals surface area contributed by atoms with Crippen LogP contribution >= 0.6 is 0 Å². The molecule has 0 aromatic heterocycles. The molecule has 0 bridgehead atoms. The Hall–Kier alpha value is -3.80. The van der Waals surface area contributed by atoms with E-state index in [1.807, 2.05) is 60.7 Å². The van der Waals surface area contributed by atoms with Gasteiger partial charge in [0.1, 0.15) is 17.5 Å². The summed E-state index contributed by atoms with van der Waals surface area (Å²) in [5, 5.41) is 3.22. The highest BCUT2D eigenvalue weighted by atomic mass is 16.5. The fourth-order valence-electron chi connectivity index (χ4n) is 4.60. The maximum absolute atomic E-state index is 13.6. The number of benzene rings is 3. The third-order valence-corrected chi connectivity index (χ3v) is 6.59. The molecule has 1 fully saturated rings. The summed E-state index contributed by atoms with van der Waals surface area (Å²) >= 11 is 0. The van der Waals surface area contributed by atoms with Crippen molar-refractivity contribution in [2.45, 2.75) is 50.7 Å². The SMILES string of the molecule is COc1ccc(OCC(=O)N(Cc2ccccc2)C(Cc2ccccc2)C(=O)NC2CCCC2)cc1. The highest BCUT2D eigenvalue weighted by molar-refractivity contribution is 5.88. The molecule has 1 atom stereocenters. The second-order valence-electron chi connectivity index (χ2n) is 9.17. The molecule has 188 valence electrons. The summed E-state index contributed by atoms with van der Waals surface area (Å²) in [4.78, 5) is 28.9. The number of methoxy groups -OCH3 is 1. The summed E-state index contributed by atoms with van der Waals surface area (Å²) in [6.45, 7) is 0.155. The summed E-state index contributed by atoms with van der Waals surface area (Å²) in [5.41, 5.74) is 1.97. The van der Waals surface area contributed by atoms with Gasteiger partial charge in [0.15, 0.2) is 6.61 Å². The fraction of sp³-hybridized carbons (Fsp3) is 0.333. The van der Waals surface area contributed by atoms with Gasteiger partial charge in [0, 0.05) is 19.0 Å². The molecule has 4 rings (SSSR count). The lowest BCUT2D eigenvalue weighted by atomic mass is 10.0. The van der Waals surface area contributed by atoms with E-state index < -0.39 is 6.04 Å². The van der Waals surface area contributed by atoms with Crippen LogP contribution < -0.4 is 14.8 Å². The zero-order chi connectivity index (χ0) is 25.2. The van der Waals surface area contributed by atoms with Crippen LogP contribution in [-0.2, 0) is 22.6 Å². The van der Waals surface area contributed by atoms with E-state index in [1.54, 1.807) is 36.3 Å². The lowest BCUT2D eigenvalue weighted by Gasteiger charge is -2.32. The number of carbonyl (C=O) groups is 2. The number of ether oxygens (including phenoxy) is 2. The number of nitrogens with one attached hydrogen (secondary N) is 1. The van der Waals surface area contributed by atoms with Crippen molar-refractivity contribution >= 4 is 11.8 Å². The standard InChI is InChI=1S/C30H34N2O4/c1-35-26-16-18-27(19-17-26)36-22-29(33)32(21-24-12-6-3-7-13-24)28(20-23-10-4-2-5-11-23)30(34)31-25-14-8-9-15-25/h2-7,10-13,16-19,25,28H,8-9,14-15,20-22H2,1H3,(H,31,34). The van der Waals surface area contributed by atoms with E-state index >= 15 is 0 Å². The van der Waals surface area contributed by atoms with E-state index in [1.165, 1.54) is 0 Å². The van der Waals surface area contributed by atoms with Gasteiger partial charge >= 0.3 is 0 Å². The third-order valence-electron chi connectivity index (χ3n) is 6.59. The predicted octanol–water partition coefficient (Wildman–Crippen LogP) is 4.77. The average molecular weight is 487 g/mol. The largest absolute Gasteiger partial charge is 0.497 e. The Kier molecular flexibility index (Phi) is 8.98. The molecule has 2 amide bonds. The molecule has 1 saturated carbocycles. The van der Waals surface area contributed by atoms with Gasteiger partial charge in [-0.2, -0.15) is 0 Å². The van der Waals surface area contributed by atoms with E-state index in [2.05, 4.69) is 5.32 Å². The quantitative estimate of drug-likeness (QED) is 0.424. The molecular formula is C30H34N2O4. The predicted molar refractivity (Wildman–Crippen MR) is 140 cm³/mol. The molecule has 6 nitrogen and oxygen atoms in total. The van der Waals surface area contributed by atoms with Crippen molar-refractivity contribution in [1.29, 1.82) is 0 Å². The number of amides is 2. The second-order valence-corrected chi connectivity index (χ2v) is 9.17. The van der Waals surface area contributed by atoms with Gasteiger partial charge < -0.3 is 19.7 Å². The Labute approximate surface area is 213 Å². The maximum atomic E-state index is 13.6. The Morgan fingerprint density at radius 3 is 2.06 bits per heavy atom. The number of carbonyl (C=O) groups excluding carboxylic acids is 2. The first kappa shape index (κ1) is 25.3. The Balaban J connectivity index is 1.57. The lowest BCUT2D eigenvalue weighted by Crippen LogP contribution is -2.53. The minimum absolute atomic E-state index is 0.112. The van der Waals surface area contributed by atoms with Gasteiger partial charge in [-0.05, 0) is 48.2 Å². The van der Waals surface area contributed by atoms with Crippen LogP contribution in [0, 0.1) is 0 Å². The first-order chi connectivity index (χ1) is 17.6. The van der Waals surface area contributed by atoms with Crippen molar-refractivity contribution in [2.75, 3.05) is 13.7 Å². The van der Waals surface area contributed by atoms with E-state index in [0.717, 1.165) is 36.8 Å². The van der Waals surface area contributed by atoms with Gasteiger partial charge in [-0.3, -0.25) is 9.59 Å². The van der Waals surface area contributed by atoms with E-state index in [-0.39, 0.29) is 24.5 Å². The summed E-state index contributed by atoms with van der Waals surface area (Å²) in [7, 11) is 1.60. The molecule has 3 aromatic rings. The highest BCUT2D eigenvalue weighted by Crippen LogP contribution is 2.21. The molecule has 6 heteroatoms. The lowest BCUT2D eigenvalue weighted by molar-refractivity contribution is -0.143. The van der Waals surface area contributed by atoms with Crippen LogP contribution in [0.15, 0.2) is 84.9 Å². The second kappa shape index (κ2) is 12.8. The maximum Gasteiger partial charge on any atom is 0.261 e. The van der Waals surface area contributed by atoms with E-state index in [4.69, 9.17) is 9.47 Å². The van der Waals surface area contributed by atoms with Crippen LogP contribution in [0.4, 0.5) is 0 Å². The van der Waals surface area contributed by atoms with Crippen molar-refractivity contribution < 1.29 is 19.1 Å². The van der Waals surface area contributed by atoms with Crippen LogP contribution in [0.5, 0.6) is 11.5 Å². The van der Waals surface area contributed by atoms with Gasteiger partial charge in [0.05, 0.1) is 7.11 Å². The van der Waals surface area contributed by atoms with Gasteiger partial charge in [0.25, 0.3) is 5.91 Å². The molecule has 0 radical (unpaired) electrons. The van der Waals surface area contributed by atoms with Crippen LogP contribution in [0.25, 0.3) is 0 Å². The number of hydrogen-bond donors (Lipinski definition) is 1. The van der Waals surface area contributed by atoms with Crippen LogP contribution in [0.3, 0.4) is 0 Å². The topological polar surface area (TPSA) is 67.9 Å². The molecular weight excluding hydrogens is 452 g/mol. The van der Waals surface area contributed by atoms with Gasteiger partial charge in [0.2, 0.25) is 5.91 Å². The van der Waals surface area contributed by atoms with Crippen LogP contribution in [0.1, 0.15) is 36.8 Å². The Morgan fingerprint density at radius 1 is 0.861 bits per heavy atom. The van der Waals surface area contributed by atoms with Gasteiger partial charge in [-0.1, -0.05) is 73.5 Å².